The number of benzene rings is 1. The monoisotopic (exact) mass is 473 g/mol. The van der Waals surface area contributed by atoms with Crippen LogP contribution < -0.4 is 4.74 Å². The molecule has 34 heavy (non-hydrogen) atoms. The number of amides is 1. The molecule has 1 unspecified atom stereocenters. The van der Waals surface area contributed by atoms with Crippen molar-refractivity contribution in [3.63, 3.8) is 0 Å². The quantitative estimate of drug-likeness (QED) is 0.638. The van der Waals surface area contributed by atoms with Crippen molar-refractivity contribution in [2.75, 3.05) is 26.2 Å². The Morgan fingerprint density at radius 2 is 1.97 bits per heavy atom. The summed E-state index contributed by atoms with van der Waals surface area (Å²) in [7, 11) is 0. The summed E-state index contributed by atoms with van der Waals surface area (Å²) < 4.78 is 32.3. The highest BCUT2D eigenvalue weighted by molar-refractivity contribution is 5.94. The number of nitrogens with zero attached hydrogens (tertiary/aromatic N) is 3. The van der Waals surface area contributed by atoms with Gasteiger partial charge in [0.2, 0.25) is 5.89 Å². The fourth-order valence-electron chi connectivity index (χ4n) is 4.71. The van der Waals surface area contributed by atoms with Crippen molar-refractivity contribution < 1.29 is 23.1 Å². The predicted molar refractivity (Wildman–Crippen MR) is 126 cm³/mol. The maximum absolute atomic E-state index is 14.4. The largest absolute Gasteiger partial charge is 0.488 e. The second-order valence-corrected chi connectivity index (χ2v) is 10.8. The fourth-order valence-corrected chi connectivity index (χ4v) is 4.71. The molecule has 4 rings (SSSR count). The second-order valence-electron chi connectivity index (χ2n) is 10.8. The number of oxazole rings is 1. The molecular formula is C26H36FN3O4. The molecule has 3 heterocycles. The van der Waals surface area contributed by atoms with Crippen LogP contribution in [0.3, 0.4) is 0 Å². The van der Waals surface area contributed by atoms with Gasteiger partial charge in [0, 0.05) is 37.3 Å². The maximum Gasteiger partial charge on any atom is 0.253 e. The van der Waals surface area contributed by atoms with E-state index in [1.165, 1.54) is 12.1 Å². The van der Waals surface area contributed by atoms with Crippen LogP contribution in [0.5, 0.6) is 5.75 Å². The molecule has 1 aromatic carbocycles. The van der Waals surface area contributed by atoms with Gasteiger partial charge in [-0.15, -0.1) is 0 Å². The molecule has 1 spiro atoms. The Morgan fingerprint density at radius 1 is 1.26 bits per heavy atom. The predicted octanol–water partition coefficient (Wildman–Crippen LogP) is 4.76. The van der Waals surface area contributed by atoms with Crippen molar-refractivity contribution in [1.82, 2.24) is 14.8 Å². The average molecular weight is 474 g/mol. The summed E-state index contributed by atoms with van der Waals surface area (Å²) in [6.07, 6.45) is 2.71. The second kappa shape index (κ2) is 9.30. The third-order valence-electron chi connectivity index (χ3n) is 6.62. The van der Waals surface area contributed by atoms with E-state index in [1.807, 2.05) is 20.8 Å². The number of hydrogen-bond donors (Lipinski definition) is 0. The average Bonchev–Trinajstić information content (AvgIpc) is 3.20. The van der Waals surface area contributed by atoms with Crippen LogP contribution >= 0.6 is 0 Å². The van der Waals surface area contributed by atoms with Crippen LogP contribution in [0.15, 0.2) is 28.8 Å². The van der Waals surface area contributed by atoms with E-state index < -0.39 is 11.4 Å². The molecule has 1 aromatic heterocycles. The zero-order valence-corrected chi connectivity index (χ0v) is 21.1. The molecule has 0 bridgehead atoms. The Kier molecular flexibility index (Phi) is 6.75. The van der Waals surface area contributed by atoms with Crippen LogP contribution in [0.2, 0.25) is 0 Å². The molecule has 2 aromatic rings. The van der Waals surface area contributed by atoms with Gasteiger partial charge in [-0.1, -0.05) is 0 Å². The molecule has 1 amide bonds. The van der Waals surface area contributed by atoms with Gasteiger partial charge in [0.05, 0.1) is 17.9 Å². The number of morpholine rings is 1. The lowest BCUT2D eigenvalue weighted by Crippen LogP contribution is -2.61. The van der Waals surface area contributed by atoms with E-state index in [9.17, 15) is 9.18 Å². The summed E-state index contributed by atoms with van der Waals surface area (Å²) in [5, 5.41) is 0. The Balaban J connectivity index is 1.47. The number of rotatable bonds is 4. The summed E-state index contributed by atoms with van der Waals surface area (Å²) in [5.41, 5.74) is -0.102. The van der Waals surface area contributed by atoms with Crippen LogP contribution in [0.25, 0.3) is 0 Å². The number of carbonyl (C=O) groups excluding carboxylic acids is 1. The van der Waals surface area contributed by atoms with Crippen LogP contribution in [0.4, 0.5) is 4.39 Å². The van der Waals surface area contributed by atoms with Crippen molar-refractivity contribution in [2.45, 2.75) is 77.7 Å². The van der Waals surface area contributed by atoms with Crippen LogP contribution in [-0.2, 0) is 4.74 Å². The SMILES string of the molecule is Cc1cnc(C2CN(C(C)(C)C)CC3(CCN(C(=O)c4ccc(OC(C)C)c(F)c4)CC3)O2)o1. The molecule has 8 heteroatoms. The van der Waals surface area contributed by atoms with Crippen molar-refractivity contribution in [3.8, 4) is 5.75 Å². The molecule has 7 nitrogen and oxygen atoms in total. The third kappa shape index (κ3) is 5.28. The van der Waals surface area contributed by atoms with Gasteiger partial charge in [0.1, 0.15) is 11.9 Å². The fraction of sp³-hybridized carbons (Fsp3) is 0.615. The number of halogens is 1. The number of hydrogen-bond acceptors (Lipinski definition) is 6. The maximum atomic E-state index is 14.4. The topological polar surface area (TPSA) is 68.0 Å². The van der Waals surface area contributed by atoms with Crippen molar-refractivity contribution in [1.29, 1.82) is 0 Å². The molecule has 186 valence electrons. The van der Waals surface area contributed by atoms with E-state index in [2.05, 4.69) is 30.7 Å². The first-order chi connectivity index (χ1) is 16.0. The Bertz CT molecular complexity index is 1020. The van der Waals surface area contributed by atoms with E-state index >= 15 is 0 Å². The van der Waals surface area contributed by atoms with Gasteiger partial charge in [0.25, 0.3) is 5.91 Å². The highest BCUT2D eigenvalue weighted by Gasteiger charge is 2.47. The van der Waals surface area contributed by atoms with Gasteiger partial charge in [-0.25, -0.2) is 9.37 Å². The summed E-state index contributed by atoms with van der Waals surface area (Å²) in [4.78, 5) is 21.7. The van der Waals surface area contributed by atoms with E-state index in [0.29, 0.717) is 43.9 Å². The van der Waals surface area contributed by atoms with Gasteiger partial charge in [-0.2, -0.15) is 0 Å². The van der Waals surface area contributed by atoms with Crippen molar-refractivity contribution in [3.05, 3.63) is 47.4 Å². The van der Waals surface area contributed by atoms with Crippen molar-refractivity contribution >= 4 is 5.91 Å². The van der Waals surface area contributed by atoms with Crippen LogP contribution in [0.1, 0.15) is 75.6 Å². The number of carbonyl (C=O) groups is 1. The molecule has 0 N–H and O–H groups in total. The standard InChI is InChI=1S/C26H36FN3O4/c1-17(2)32-21-8-7-19(13-20(21)27)24(31)29-11-9-26(10-12-29)16-30(25(4,5)6)15-22(34-26)23-28-14-18(3)33-23/h7-8,13-14,17,22H,9-12,15-16H2,1-6H3. The lowest BCUT2D eigenvalue weighted by molar-refractivity contribution is -0.195. The number of ether oxygens (including phenoxy) is 2. The lowest BCUT2D eigenvalue weighted by Gasteiger charge is -2.52. The highest BCUT2D eigenvalue weighted by Crippen LogP contribution is 2.40. The molecule has 2 fully saturated rings. The highest BCUT2D eigenvalue weighted by atomic mass is 19.1. The molecular weight excluding hydrogens is 437 g/mol. The van der Waals surface area contributed by atoms with Crippen LogP contribution in [-0.4, -0.2) is 64.1 Å². The van der Waals surface area contributed by atoms with Gasteiger partial charge < -0.3 is 18.8 Å². The molecule has 0 radical (unpaired) electrons. The number of piperidine rings is 1. The first-order valence-corrected chi connectivity index (χ1v) is 12.1. The molecule has 1 atom stereocenters. The van der Waals surface area contributed by atoms with E-state index in [4.69, 9.17) is 13.9 Å². The van der Waals surface area contributed by atoms with Gasteiger partial charge in [-0.3, -0.25) is 9.69 Å². The van der Waals surface area contributed by atoms with Gasteiger partial charge >= 0.3 is 0 Å². The van der Waals surface area contributed by atoms with E-state index in [1.54, 1.807) is 17.2 Å². The molecule has 0 aliphatic carbocycles. The summed E-state index contributed by atoms with van der Waals surface area (Å²) in [5.74, 6) is 0.832. The molecule has 0 saturated carbocycles. The Morgan fingerprint density at radius 3 is 2.53 bits per heavy atom. The smallest absolute Gasteiger partial charge is 0.253 e. The minimum Gasteiger partial charge on any atom is -0.488 e. The first kappa shape index (κ1) is 24.7. The number of likely N-dealkylation sites (tertiary alicyclic amines) is 1. The Labute approximate surface area is 201 Å². The van der Waals surface area contributed by atoms with E-state index in [-0.39, 0.29) is 29.4 Å². The molecule has 2 aliphatic heterocycles. The minimum atomic E-state index is -0.520. The number of aromatic nitrogens is 1. The molecule has 2 aliphatic rings. The normalized spacial score (nSPS) is 21.3. The lowest BCUT2D eigenvalue weighted by atomic mass is 9.86. The van der Waals surface area contributed by atoms with Crippen LogP contribution in [0, 0.1) is 12.7 Å². The van der Waals surface area contributed by atoms with Gasteiger partial charge in [-0.05, 0) is 72.6 Å². The van der Waals surface area contributed by atoms with Crippen molar-refractivity contribution in [2.24, 2.45) is 0 Å². The Hall–Kier alpha value is -2.45. The summed E-state index contributed by atoms with van der Waals surface area (Å²) in [6.45, 7) is 14.7. The first-order valence-electron chi connectivity index (χ1n) is 12.1. The zero-order chi connectivity index (χ0) is 24.7. The summed E-state index contributed by atoms with van der Waals surface area (Å²) >= 11 is 0. The summed E-state index contributed by atoms with van der Waals surface area (Å²) in [6, 6.07) is 4.43. The number of aryl methyl sites for hydroxylation is 1. The van der Waals surface area contributed by atoms with E-state index in [0.717, 1.165) is 12.3 Å². The third-order valence-corrected chi connectivity index (χ3v) is 6.62. The van der Waals surface area contributed by atoms with Gasteiger partial charge in [0.15, 0.2) is 11.6 Å². The zero-order valence-electron chi connectivity index (χ0n) is 21.1. The molecule has 2 saturated heterocycles. The minimum absolute atomic E-state index is 0.0407.